The van der Waals surface area contributed by atoms with Crippen molar-refractivity contribution in [2.45, 2.75) is 12.3 Å². The summed E-state index contributed by atoms with van der Waals surface area (Å²) >= 11 is 0. The number of carbonyl (C=O) groups excluding carboxylic acids is 1. The van der Waals surface area contributed by atoms with E-state index >= 15 is 0 Å². The van der Waals surface area contributed by atoms with Gasteiger partial charge in [-0.1, -0.05) is 18.2 Å². The van der Waals surface area contributed by atoms with Gasteiger partial charge < -0.3 is 10.4 Å². The number of carboxylic acid groups (broad SMARTS) is 1. The molecule has 2 rings (SSSR count). The highest BCUT2D eigenvalue weighted by molar-refractivity contribution is 5.94. The number of benzene rings is 1. The lowest BCUT2D eigenvalue weighted by molar-refractivity contribution is -0.137. The molecule has 90 valence electrons. The molecule has 5 nitrogen and oxygen atoms in total. The van der Waals surface area contributed by atoms with Gasteiger partial charge in [-0.2, -0.15) is 0 Å². The van der Waals surface area contributed by atoms with Crippen molar-refractivity contribution in [2.24, 2.45) is 0 Å². The maximum Gasteiger partial charge on any atom is 0.321 e. The zero-order valence-corrected chi connectivity index (χ0v) is 9.51. The highest BCUT2D eigenvalue weighted by atomic mass is 16.4. The fraction of sp³-hybridized carbons (Fsp3) is 0.333. The number of fused-ring (bicyclic) bond motifs is 1. The summed E-state index contributed by atoms with van der Waals surface area (Å²) in [5, 5.41) is 11.4. The minimum atomic E-state index is -0.844. The van der Waals surface area contributed by atoms with Gasteiger partial charge in [-0.05, 0) is 11.6 Å². The molecule has 0 spiro atoms. The number of hydrogen-bond donors (Lipinski definition) is 2. The van der Waals surface area contributed by atoms with Crippen LogP contribution in [0.25, 0.3) is 0 Å². The summed E-state index contributed by atoms with van der Waals surface area (Å²) in [5.41, 5.74) is 1.73. The van der Waals surface area contributed by atoms with Crippen molar-refractivity contribution < 1.29 is 14.7 Å². The van der Waals surface area contributed by atoms with E-state index in [-0.39, 0.29) is 18.4 Å². The summed E-state index contributed by atoms with van der Waals surface area (Å²) in [6.07, 6.45) is 0.0461. The Morgan fingerprint density at radius 3 is 2.82 bits per heavy atom. The van der Waals surface area contributed by atoms with Gasteiger partial charge in [-0.3, -0.25) is 9.69 Å². The standard InChI is InChI=1S/C12H14N2O3/c1-13-12(17)14-7-8(6-11(15)16)9-4-2-3-5-10(9)14/h2-5,8H,6-7H2,1H3,(H,13,17)(H,15,16). The summed E-state index contributed by atoms with van der Waals surface area (Å²) in [7, 11) is 1.56. The Bertz CT molecular complexity index is 459. The van der Waals surface area contributed by atoms with E-state index in [0.717, 1.165) is 11.3 Å². The number of amides is 2. The second-order valence-corrected chi connectivity index (χ2v) is 4.02. The van der Waals surface area contributed by atoms with Crippen LogP contribution in [0.15, 0.2) is 24.3 Å². The lowest BCUT2D eigenvalue weighted by Gasteiger charge is -2.16. The molecule has 1 heterocycles. The summed E-state index contributed by atoms with van der Waals surface area (Å²) in [5.74, 6) is -0.968. The molecular formula is C12H14N2O3. The highest BCUT2D eigenvalue weighted by Crippen LogP contribution is 2.37. The average molecular weight is 234 g/mol. The average Bonchev–Trinajstić information content (AvgIpc) is 2.67. The first kappa shape index (κ1) is 11.4. The molecule has 5 heteroatoms. The molecule has 0 saturated carbocycles. The summed E-state index contributed by atoms with van der Waals surface area (Å²) in [6.45, 7) is 0.422. The van der Waals surface area contributed by atoms with Crippen LogP contribution in [0.2, 0.25) is 0 Å². The van der Waals surface area contributed by atoms with Gasteiger partial charge in [0, 0.05) is 25.2 Å². The van der Waals surface area contributed by atoms with Crippen LogP contribution in [0, 0.1) is 0 Å². The molecule has 1 aromatic rings. The number of urea groups is 1. The van der Waals surface area contributed by atoms with Crippen molar-refractivity contribution in [3.63, 3.8) is 0 Å². The second kappa shape index (κ2) is 4.45. The van der Waals surface area contributed by atoms with Crippen molar-refractivity contribution in [2.75, 3.05) is 18.5 Å². The van der Waals surface area contributed by atoms with E-state index in [2.05, 4.69) is 5.32 Å². The lowest BCUT2D eigenvalue weighted by Crippen LogP contribution is -2.37. The van der Waals surface area contributed by atoms with E-state index < -0.39 is 5.97 Å². The highest BCUT2D eigenvalue weighted by Gasteiger charge is 2.32. The van der Waals surface area contributed by atoms with Crippen molar-refractivity contribution in [3.8, 4) is 0 Å². The van der Waals surface area contributed by atoms with Gasteiger partial charge in [0.25, 0.3) is 0 Å². The molecule has 0 fully saturated rings. The molecule has 0 aromatic heterocycles. The minimum Gasteiger partial charge on any atom is -0.481 e. The Hall–Kier alpha value is -2.04. The van der Waals surface area contributed by atoms with Crippen LogP contribution in [0.1, 0.15) is 17.9 Å². The van der Waals surface area contributed by atoms with Gasteiger partial charge in [0.2, 0.25) is 0 Å². The van der Waals surface area contributed by atoms with Crippen molar-refractivity contribution in [3.05, 3.63) is 29.8 Å². The quantitative estimate of drug-likeness (QED) is 0.812. The molecule has 2 N–H and O–H groups in total. The molecule has 0 saturated heterocycles. The summed E-state index contributed by atoms with van der Waals surface area (Å²) in [4.78, 5) is 24.1. The number of aliphatic carboxylic acids is 1. The van der Waals surface area contributed by atoms with E-state index in [4.69, 9.17) is 5.11 Å². The molecule has 1 atom stereocenters. The smallest absolute Gasteiger partial charge is 0.321 e. The monoisotopic (exact) mass is 234 g/mol. The molecule has 1 aromatic carbocycles. The van der Waals surface area contributed by atoms with Gasteiger partial charge in [0.1, 0.15) is 0 Å². The van der Waals surface area contributed by atoms with E-state index in [1.54, 1.807) is 11.9 Å². The van der Waals surface area contributed by atoms with Gasteiger partial charge in [-0.25, -0.2) is 4.79 Å². The Balaban J connectivity index is 2.32. The number of nitrogens with zero attached hydrogens (tertiary/aromatic N) is 1. The number of nitrogens with one attached hydrogen (secondary N) is 1. The number of para-hydroxylation sites is 1. The summed E-state index contributed by atoms with van der Waals surface area (Å²) < 4.78 is 0. The van der Waals surface area contributed by atoms with Gasteiger partial charge in [-0.15, -0.1) is 0 Å². The van der Waals surface area contributed by atoms with Crippen molar-refractivity contribution >= 4 is 17.7 Å². The number of carboxylic acids is 1. The van der Waals surface area contributed by atoms with Crippen LogP contribution >= 0.6 is 0 Å². The Kier molecular flexibility index (Phi) is 2.99. The molecule has 17 heavy (non-hydrogen) atoms. The normalized spacial score (nSPS) is 17.7. The molecule has 0 radical (unpaired) electrons. The molecule has 2 amide bonds. The van der Waals surface area contributed by atoms with Crippen molar-refractivity contribution in [1.29, 1.82) is 0 Å². The first-order valence-corrected chi connectivity index (χ1v) is 5.43. The van der Waals surface area contributed by atoms with Crippen LogP contribution in [0.5, 0.6) is 0 Å². The van der Waals surface area contributed by atoms with Crippen LogP contribution < -0.4 is 10.2 Å². The van der Waals surface area contributed by atoms with E-state index in [1.807, 2.05) is 24.3 Å². The predicted octanol–water partition coefficient (Wildman–Crippen LogP) is 1.40. The van der Waals surface area contributed by atoms with E-state index in [0.29, 0.717) is 6.54 Å². The topological polar surface area (TPSA) is 69.6 Å². The van der Waals surface area contributed by atoms with Crippen LogP contribution in [0.3, 0.4) is 0 Å². The third kappa shape index (κ3) is 2.08. The van der Waals surface area contributed by atoms with Gasteiger partial charge in [0.05, 0.1) is 6.42 Å². The Morgan fingerprint density at radius 1 is 1.47 bits per heavy atom. The van der Waals surface area contributed by atoms with Crippen molar-refractivity contribution in [1.82, 2.24) is 5.32 Å². The fourth-order valence-corrected chi connectivity index (χ4v) is 2.21. The SMILES string of the molecule is CNC(=O)N1CC(CC(=O)O)c2ccccc21. The minimum absolute atomic E-state index is 0.0461. The van der Waals surface area contributed by atoms with Crippen LogP contribution in [-0.2, 0) is 4.79 Å². The van der Waals surface area contributed by atoms with E-state index in [1.165, 1.54) is 0 Å². The Morgan fingerprint density at radius 2 is 2.18 bits per heavy atom. The third-order valence-electron chi connectivity index (χ3n) is 2.95. The molecule has 1 aliphatic rings. The molecular weight excluding hydrogens is 220 g/mol. The Labute approximate surface area is 99.0 Å². The van der Waals surface area contributed by atoms with E-state index in [9.17, 15) is 9.59 Å². The number of hydrogen-bond acceptors (Lipinski definition) is 2. The molecule has 0 aliphatic carbocycles. The number of anilines is 1. The molecule has 1 unspecified atom stereocenters. The first-order valence-electron chi connectivity index (χ1n) is 5.43. The second-order valence-electron chi connectivity index (χ2n) is 4.02. The van der Waals surface area contributed by atoms with Crippen LogP contribution in [0.4, 0.5) is 10.5 Å². The van der Waals surface area contributed by atoms with Gasteiger partial charge in [0.15, 0.2) is 0 Å². The molecule has 1 aliphatic heterocycles. The maximum atomic E-state index is 11.7. The lowest BCUT2D eigenvalue weighted by atomic mass is 9.98. The third-order valence-corrected chi connectivity index (χ3v) is 2.95. The maximum absolute atomic E-state index is 11.7. The fourth-order valence-electron chi connectivity index (χ4n) is 2.21. The predicted molar refractivity (Wildman–Crippen MR) is 63.2 cm³/mol. The number of rotatable bonds is 2. The summed E-state index contributed by atoms with van der Waals surface area (Å²) in [6, 6.07) is 7.22. The zero-order valence-electron chi connectivity index (χ0n) is 9.51. The number of carbonyl (C=O) groups is 2. The zero-order chi connectivity index (χ0) is 12.4. The van der Waals surface area contributed by atoms with Crippen LogP contribution in [-0.4, -0.2) is 30.7 Å². The molecule has 0 bridgehead atoms. The largest absolute Gasteiger partial charge is 0.481 e. The van der Waals surface area contributed by atoms with Gasteiger partial charge >= 0.3 is 12.0 Å². The first-order chi connectivity index (χ1) is 8.13.